The third-order valence-corrected chi connectivity index (χ3v) is 7.43. The van der Waals surface area contributed by atoms with Gasteiger partial charge in [0.25, 0.3) is 11.7 Å². The fourth-order valence-electron chi connectivity index (χ4n) is 2.43. The number of amides is 1. The fourth-order valence-corrected chi connectivity index (χ4v) is 5.92. The molecular weight excluding hydrogens is 380 g/mol. The Bertz CT molecular complexity index is 719. The Morgan fingerprint density at radius 3 is 2.44 bits per heavy atom. The van der Waals surface area contributed by atoms with Crippen molar-refractivity contribution < 1.29 is 13.6 Å². The quantitative estimate of drug-likeness (QED) is 0.615. The zero-order valence-corrected chi connectivity index (χ0v) is 15.7. The van der Waals surface area contributed by atoms with Gasteiger partial charge in [-0.25, -0.2) is 0 Å². The molecule has 132 valence electrons. The van der Waals surface area contributed by atoms with Crippen molar-refractivity contribution in [2.75, 3.05) is 16.8 Å². The van der Waals surface area contributed by atoms with Gasteiger partial charge in [0.1, 0.15) is 0 Å². The van der Waals surface area contributed by atoms with E-state index < -0.39 is 5.76 Å². The number of thioether (sulfide) groups is 3. The van der Waals surface area contributed by atoms with Crippen molar-refractivity contribution in [3.05, 3.63) is 59.7 Å². The molecule has 25 heavy (non-hydrogen) atoms. The zero-order chi connectivity index (χ0) is 17.6. The van der Waals surface area contributed by atoms with Crippen LogP contribution in [-0.2, 0) is 0 Å². The van der Waals surface area contributed by atoms with E-state index in [1.165, 1.54) is 23.5 Å². The van der Waals surface area contributed by atoms with Gasteiger partial charge in [-0.15, -0.1) is 23.5 Å². The van der Waals surface area contributed by atoms with Crippen LogP contribution in [0.1, 0.15) is 26.9 Å². The molecule has 0 aliphatic carbocycles. The molecule has 0 spiro atoms. The van der Waals surface area contributed by atoms with E-state index in [2.05, 4.69) is 5.32 Å². The van der Waals surface area contributed by atoms with Crippen molar-refractivity contribution in [3.8, 4) is 0 Å². The number of para-hydroxylation sites is 1. The van der Waals surface area contributed by atoms with Gasteiger partial charge < -0.3 is 5.32 Å². The summed E-state index contributed by atoms with van der Waals surface area (Å²) < 4.78 is 25.7. The van der Waals surface area contributed by atoms with Gasteiger partial charge in [0.15, 0.2) is 0 Å². The van der Waals surface area contributed by atoms with Gasteiger partial charge in [-0.3, -0.25) is 4.79 Å². The largest absolute Gasteiger partial charge is 0.321 e. The van der Waals surface area contributed by atoms with Gasteiger partial charge in [0, 0.05) is 10.5 Å². The fraction of sp³-hybridized carbons (Fsp3) is 0.278. The lowest BCUT2D eigenvalue weighted by Gasteiger charge is -2.21. The molecule has 1 fully saturated rings. The minimum Gasteiger partial charge on any atom is -0.321 e. The smallest absolute Gasteiger partial charge is 0.288 e. The molecule has 3 rings (SSSR count). The Balaban J connectivity index is 1.69. The molecule has 0 atom stereocenters. The van der Waals surface area contributed by atoms with Crippen molar-refractivity contribution in [2.24, 2.45) is 0 Å². The molecule has 7 heteroatoms. The van der Waals surface area contributed by atoms with E-state index in [4.69, 9.17) is 0 Å². The molecule has 0 bridgehead atoms. The number of carbonyl (C=O) groups is 1. The van der Waals surface area contributed by atoms with Crippen LogP contribution < -0.4 is 5.32 Å². The summed E-state index contributed by atoms with van der Waals surface area (Å²) in [7, 11) is 0. The molecule has 1 aliphatic rings. The van der Waals surface area contributed by atoms with E-state index in [-0.39, 0.29) is 5.91 Å². The Labute approximate surface area is 158 Å². The van der Waals surface area contributed by atoms with Crippen molar-refractivity contribution in [1.82, 2.24) is 0 Å². The summed E-state index contributed by atoms with van der Waals surface area (Å²) >= 11 is 4.29. The molecule has 2 nitrogen and oxygen atoms in total. The van der Waals surface area contributed by atoms with Crippen LogP contribution in [0.3, 0.4) is 0 Å². The molecule has 0 unspecified atom stereocenters. The van der Waals surface area contributed by atoms with E-state index in [1.54, 1.807) is 36.4 Å². The second-order valence-corrected chi connectivity index (χ2v) is 9.13. The lowest BCUT2D eigenvalue weighted by atomic mass is 10.1. The Morgan fingerprint density at radius 2 is 1.76 bits per heavy atom. The zero-order valence-electron chi connectivity index (χ0n) is 13.3. The number of carbonyl (C=O) groups excluding carboxylic acids is 1. The summed E-state index contributed by atoms with van der Waals surface area (Å²) in [5, 5.41) is 2.73. The Morgan fingerprint density at radius 1 is 1.08 bits per heavy atom. The summed E-state index contributed by atoms with van der Waals surface area (Å²) in [4.78, 5) is 12.8. The highest BCUT2D eigenvalue weighted by Crippen LogP contribution is 2.43. The van der Waals surface area contributed by atoms with E-state index in [0.29, 0.717) is 32.5 Å². The monoisotopic (exact) mass is 397 g/mol. The second-order valence-electron chi connectivity index (χ2n) is 5.38. The number of anilines is 1. The average molecular weight is 398 g/mol. The lowest BCUT2D eigenvalue weighted by molar-refractivity contribution is 0.102. The molecule has 0 saturated carbocycles. The SMILES string of the molecule is O=C(Nc1ccccc1SC(F)F)c1ccc(C2SCCCS2)cc1. The second kappa shape index (κ2) is 8.96. The van der Waals surface area contributed by atoms with E-state index >= 15 is 0 Å². The molecule has 1 saturated heterocycles. The first-order valence-corrected chi connectivity index (χ1v) is 10.8. The van der Waals surface area contributed by atoms with Gasteiger partial charge in [-0.05, 0) is 47.8 Å². The summed E-state index contributed by atoms with van der Waals surface area (Å²) in [6.07, 6.45) is 1.24. The highest BCUT2D eigenvalue weighted by molar-refractivity contribution is 8.16. The van der Waals surface area contributed by atoms with Crippen LogP contribution in [0.25, 0.3) is 0 Å². The van der Waals surface area contributed by atoms with Crippen LogP contribution in [0.4, 0.5) is 14.5 Å². The lowest BCUT2D eigenvalue weighted by Crippen LogP contribution is -2.12. The molecular formula is C18H17F2NOS3. The van der Waals surface area contributed by atoms with E-state index in [1.807, 2.05) is 35.7 Å². The highest BCUT2D eigenvalue weighted by Gasteiger charge is 2.17. The normalized spacial score (nSPS) is 15.3. The van der Waals surface area contributed by atoms with Crippen molar-refractivity contribution in [2.45, 2.75) is 21.7 Å². The molecule has 2 aromatic carbocycles. The number of rotatable bonds is 5. The summed E-state index contributed by atoms with van der Waals surface area (Å²) in [6, 6.07) is 14.1. The van der Waals surface area contributed by atoms with Crippen molar-refractivity contribution in [1.29, 1.82) is 0 Å². The minimum atomic E-state index is -2.53. The van der Waals surface area contributed by atoms with Crippen molar-refractivity contribution in [3.63, 3.8) is 0 Å². The maximum Gasteiger partial charge on any atom is 0.288 e. The van der Waals surface area contributed by atoms with Crippen LogP contribution in [0.5, 0.6) is 0 Å². The molecule has 0 aromatic heterocycles. The Kier molecular flexibility index (Phi) is 6.67. The van der Waals surface area contributed by atoms with Gasteiger partial charge in [-0.2, -0.15) is 8.78 Å². The molecule has 1 heterocycles. The number of nitrogens with one attached hydrogen (secondary N) is 1. The molecule has 1 aliphatic heterocycles. The van der Waals surface area contributed by atoms with Gasteiger partial charge in [0.2, 0.25) is 0 Å². The van der Waals surface area contributed by atoms with E-state index in [9.17, 15) is 13.6 Å². The predicted octanol–water partition coefficient (Wildman–Crippen LogP) is 6.12. The number of alkyl halides is 2. The summed E-state index contributed by atoms with van der Waals surface area (Å²) in [6.45, 7) is 0. The van der Waals surface area contributed by atoms with Crippen LogP contribution >= 0.6 is 35.3 Å². The van der Waals surface area contributed by atoms with Gasteiger partial charge in [-0.1, -0.05) is 36.0 Å². The highest BCUT2D eigenvalue weighted by atomic mass is 32.2. The first-order valence-electron chi connectivity index (χ1n) is 7.82. The summed E-state index contributed by atoms with van der Waals surface area (Å²) in [5.41, 5.74) is 2.13. The van der Waals surface area contributed by atoms with Crippen LogP contribution in [-0.4, -0.2) is 23.2 Å². The van der Waals surface area contributed by atoms with Crippen LogP contribution in [0.15, 0.2) is 53.4 Å². The third kappa shape index (κ3) is 5.15. The van der Waals surface area contributed by atoms with Gasteiger partial charge in [0.05, 0.1) is 10.3 Å². The first kappa shape index (κ1) is 18.6. The summed E-state index contributed by atoms with van der Waals surface area (Å²) in [5.74, 6) is -0.489. The topological polar surface area (TPSA) is 29.1 Å². The first-order chi connectivity index (χ1) is 12.1. The molecule has 1 N–H and O–H groups in total. The average Bonchev–Trinajstić information content (AvgIpc) is 2.64. The Hall–Kier alpha value is -1.18. The number of benzene rings is 2. The van der Waals surface area contributed by atoms with Gasteiger partial charge >= 0.3 is 0 Å². The molecule has 0 radical (unpaired) electrons. The number of hydrogen-bond donors (Lipinski definition) is 1. The molecule has 1 amide bonds. The van der Waals surface area contributed by atoms with E-state index in [0.717, 1.165) is 0 Å². The van der Waals surface area contributed by atoms with Crippen molar-refractivity contribution >= 4 is 46.9 Å². The number of halogens is 2. The predicted molar refractivity (Wildman–Crippen MR) is 105 cm³/mol. The number of hydrogen-bond acceptors (Lipinski definition) is 4. The standard InChI is InChI=1S/C18H17F2NOS3/c19-18(20)25-15-5-2-1-4-14(15)21-16(22)12-6-8-13(9-7-12)17-23-10-3-11-24-17/h1-2,4-9,17-18H,3,10-11H2,(H,21,22). The van der Waals surface area contributed by atoms with Crippen LogP contribution in [0, 0.1) is 0 Å². The molecule has 2 aromatic rings. The third-order valence-electron chi connectivity index (χ3n) is 3.62. The maximum absolute atomic E-state index is 12.6. The van der Waals surface area contributed by atoms with Crippen LogP contribution in [0.2, 0.25) is 0 Å². The maximum atomic E-state index is 12.6. The minimum absolute atomic E-state index is 0.294.